The monoisotopic (exact) mass is 331 g/mol. The molecule has 2 atom stereocenters. The van der Waals surface area contributed by atoms with Crippen LogP contribution in [-0.2, 0) is 11.3 Å². The number of carbonyl (C=O) groups is 1. The van der Waals surface area contributed by atoms with Gasteiger partial charge in [-0.25, -0.2) is 4.98 Å². The van der Waals surface area contributed by atoms with Crippen LogP contribution in [0.15, 0.2) is 22.6 Å². The van der Waals surface area contributed by atoms with Crippen LogP contribution in [0, 0.1) is 5.92 Å². The Kier molecular flexibility index (Phi) is 3.93. The van der Waals surface area contributed by atoms with Crippen molar-refractivity contribution in [1.82, 2.24) is 14.5 Å². The van der Waals surface area contributed by atoms with E-state index in [4.69, 9.17) is 0 Å². The summed E-state index contributed by atoms with van der Waals surface area (Å²) < 4.78 is 1.46. The fraction of sp³-hybridized carbons (Fsp3) is 0.588. The van der Waals surface area contributed by atoms with E-state index in [-0.39, 0.29) is 18.0 Å². The van der Waals surface area contributed by atoms with E-state index < -0.39 is 0 Å². The number of rotatable bonds is 2. The third-order valence-electron chi connectivity index (χ3n) is 5.32. The Hall–Kier alpha value is -1.69. The Morgan fingerprint density at radius 2 is 2.09 bits per heavy atom. The molecule has 1 amide bonds. The summed E-state index contributed by atoms with van der Waals surface area (Å²) in [5.41, 5.74) is -0.109. The van der Waals surface area contributed by atoms with E-state index in [9.17, 15) is 9.59 Å². The zero-order chi connectivity index (χ0) is 15.8. The van der Waals surface area contributed by atoms with Gasteiger partial charge in [-0.1, -0.05) is 12.8 Å². The van der Waals surface area contributed by atoms with Crippen molar-refractivity contribution in [3.8, 4) is 0 Å². The average molecular weight is 331 g/mol. The van der Waals surface area contributed by atoms with Crippen molar-refractivity contribution < 1.29 is 4.79 Å². The van der Waals surface area contributed by atoms with Crippen molar-refractivity contribution in [1.29, 1.82) is 0 Å². The molecule has 6 heteroatoms. The van der Waals surface area contributed by atoms with Gasteiger partial charge in [0.2, 0.25) is 5.91 Å². The predicted octanol–water partition coefficient (Wildman–Crippen LogP) is 2.64. The summed E-state index contributed by atoms with van der Waals surface area (Å²) in [6.07, 6.45) is 8.72. The molecule has 0 N–H and O–H groups in total. The smallest absolute Gasteiger partial charge is 0.262 e. The molecule has 0 unspecified atom stereocenters. The molecule has 3 heterocycles. The van der Waals surface area contributed by atoms with Crippen LogP contribution >= 0.6 is 11.3 Å². The molecule has 5 nitrogen and oxygen atoms in total. The Morgan fingerprint density at radius 3 is 3.00 bits per heavy atom. The minimum absolute atomic E-state index is 0.0695. The Balaban J connectivity index is 1.56. The molecule has 0 spiro atoms. The van der Waals surface area contributed by atoms with E-state index in [1.165, 1.54) is 47.9 Å². The van der Waals surface area contributed by atoms with Crippen LogP contribution < -0.4 is 5.56 Å². The van der Waals surface area contributed by atoms with Crippen LogP contribution in [0.2, 0.25) is 0 Å². The van der Waals surface area contributed by atoms with Gasteiger partial charge in [-0.3, -0.25) is 14.2 Å². The van der Waals surface area contributed by atoms with Crippen molar-refractivity contribution in [2.24, 2.45) is 5.92 Å². The summed E-state index contributed by atoms with van der Waals surface area (Å²) in [7, 11) is 0. The van der Waals surface area contributed by atoms with Gasteiger partial charge in [-0.2, -0.15) is 0 Å². The number of likely N-dealkylation sites (tertiary alicyclic amines) is 1. The molecule has 0 bridgehead atoms. The zero-order valence-corrected chi connectivity index (χ0v) is 13.9. The normalized spacial score (nSPS) is 24.6. The second-order valence-corrected chi connectivity index (χ2v) is 7.55. The maximum Gasteiger partial charge on any atom is 0.262 e. The van der Waals surface area contributed by atoms with Crippen molar-refractivity contribution in [3.05, 3.63) is 28.1 Å². The lowest BCUT2D eigenvalue weighted by atomic mass is 9.78. The molecule has 1 saturated carbocycles. The highest BCUT2D eigenvalue weighted by atomic mass is 32.1. The number of hydrogen-bond donors (Lipinski definition) is 0. The molecule has 0 radical (unpaired) electrons. The van der Waals surface area contributed by atoms with Gasteiger partial charge in [0.25, 0.3) is 5.56 Å². The van der Waals surface area contributed by atoms with Gasteiger partial charge >= 0.3 is 0 Å². The van der Waals surface area contributed by atoms with E-state index in [0.29, 0.717) is 17.3 Å². The molecule has 4 rings (SSSR count). The summed E-state index contributed by atoms with van der Waals surface area (Å²) in [4.78, 5) is 32.3. The fourth-order valence-corrected chi connectivity index (χ4v) is 4.90. The van der Waals surface area contributed by atoms with Gasteiger partial charge in [0.15, 0.2) is 0 Å². The van der Waals surface area contributed by atoms with E-state index >= 15 is 0 Å². The maximum atomic E-state index is 12.8. The lowest BCUT2D eigenvalue weighted by Gasteiger charge is -2.44. The first-order valence-corrected chi connectivity index (χ1v) is 9.34. The Morgan fingerprint density at radius 1 is 1.26 bits per heavy atom. The first-order valence-electron chi connectivity index (χ1n) is 8.46. The highest BCUT2D eigenvalue weighted by molar-refractivity contribution is 7.16. The van der Waals surface area contributed by atoms with Crippen molar-refractivity contribution in [2.45, 2.75) is 51.1 Å². The van der Waals surface area contributed by atoms with Gasteiger partial charge in [0, 0.05) is 12.6 Å². The van der Waals surface area contributed by atoms with E-state index in [2.05, 4.69) is 4.98 Å². The largest absolute Gasteiger partial charge is 0.338 e. The predicted molar refractivity (Wildman–Crippen MR) is 90.6 cm³/mol. The summed E-state index contributed by atoms with van der Waals surface area (Å²) in [5, 5.41) is 2.47. The standard InChI is InChI=1S/C17H21N3O2S/c21-15(20-8-3-5-12-4-1-2-6-14(12)20)10-19-11-18-16-13(17(19)22)7-9-23-16/h7,9,11-12,14H,1-6,8,10H2/t12-,14+/m1/s1. The summed E-state index contributed by atoms with van der Waals surface area (Å²) in [6, 6.07) is 2.17. The minimum Gasteiger partial charge on any atom is -0.338 e. The van der Waals surface area contributed by atoms with Crippen LogP contribution in [0.5, 0.6) is 0 Å². The number of aromatic nitrogens is 2. The molecule has 1 aliphatic heterocycles. The number of hydrogen-bond acceptors (Lipinski definition) is 4. The van der Waals surface area contributed by atoms with Gasteiger partial charge in [0.05, 0.1) is 11.7 Å². The van der Waals surface area contributed by atoms with E-state index in [0.717, 1.165) is 24.2 Å². The zero-order valence-electron chi connectivity index (χ0n) is 13.1. The molecule has 0 aromatic carbocycles. The van der Waals surface area contributed by atoms with Gasteiger partial charge in [-0.05, 0) is 43.0 Å². The van der Waals surface area contributed by atoms with Gasteiger partial charge in [0.1, 0.15) is 11.4 Å². The van der Waals surface area contributed by atoms with E-state index in [1.807, 2.05) is 10.3 Å². The first kappa shape index (κ1) is 14.9. The number of thiophene rings is 1. The molecule has 2 fully saturated rings. The highest BCUT2D eigenvalue weighted by Gasteiger charge is 2.35. The molecule has 1 aliphatic carbocycles. The lowest BCUT2D eigenvalue weighted by molar-refractivity contribution is -0.138. The lowest BCUT2D eigenvalue weighted by Crippen LogP contribution is -2.51. The molecular formula is C17H21N3O2S. The topological polar surface area (TPSA) is 55.2 Å². The van der Waals surface area contributed by atoms with Crippen molar-refractivity contribution in [3.63, 3.8) is 0 Å². The summed E-state index contributed by atoms with van der Waals surface area (Å²) >= 11 is 1.45. The van der Waals surface area contributed by atoms with Gasteiger partial charge < -0.3 is 4.90 Å². The van der Waals surface area contributed by atoms with Crippen LogP contribution in [0.25, 0.3) is 10.2 Å². The van der Waals surface area contributed by atoms with Crippen LogP contribution in [0.4, 0.5) is 0 Å². The number of carbonyl (C=O) groups excluding carboxylic acids is 1. The van der Waals surface area contributed by atoms with Crippen molar-refractivity contribution in [2.75, 3.05) is 6.54 Å². The Bertz CT molecular complexity index is 779. The van der Waals surface area contributed by atoms with Crippen LogP contribution in [0.3, 0.4) is 0 Å². The SMILES string of the molecule is O=C(Cn1cnc2sccc2c1=O)N1CCC[C@H]2CCCC[C@@H]21. The van der Waals surface area contributed by atoms with Crippen LogP contribution in [0.1, 0.15) is 38.5 Å². The maximum absolute atomic E-state index is 12.8. The Labute approximate surface area is 138 Å². The van der Waals surface area contributed by atoms with Gasteiger partial charge in [-0.15, -0.1) is 11.3 Å². The quantitative estimate of drug-likeness (QED) is 0.850. The molecule has 2 aliphatic rings. The molecule has 2 aromatic heterocycles. The third kappa shape index (κ3) is 2.69. The number of amides is 1. The highest BCUT2D eigenvalue weighted by Crippen LogP contribution is 2.35. The first-order chi connectivity index (χ1) is 11.2. The summed E-state index contributed by atoms with van der Waals surface area (Å²) in [6.45, 7) is 0.948. The van der Waals surface area contributed by atoms with Crippen molar-refractivity contribution >= 4 is 27.5 Å². The number of nitrogens with zero attached hydrogens (tertiary/aromatic N) is 3. The van der Waals surface area contributed by atoms with Crippen LogP contribution in [-0.4, -0.2) is 32.9 Å². The molecular weight excluding hydrogens is 310 g/mol. The second kappa shape index (κ2) is 6.07. The molecule has 23 heavy (non-hydrogen) atoms. The minimum atomic E-state index is -0.109. The third-order valence-corrected chi connectivity index (χ3v) is 6.14. The number of fused-ring (bicyclic) bond motifs is 2. The molecule has 122 valence electrons. The fourth-order valence-electron chi connectivity index (χ4n) is 4.18. The van der Waals surface area contributed by atoms with E-state index in [1.54, 1.807) is 6.07 Å². The second-order valence-electron chi connectivity index (χ2n) is 6.66. The molecule has 2 aromatic rings. The molecule has 1 saturated heterocycles. The number of piperidine rings is 1. The summed E-state index contributed by atoms with van der Waals surface area (Å²) in [5.74, 6) is 0.732. The average Bonchev–Trinajstić information content (AvgIpc) is 3.06.